The Morgan fingerprint density at radius 1 is 1.47 bits per heavy atom. The summed E-state index contributed by atoms with van der Waals surface area (Å²) in [7, 11) is 1.82. The molecule has 3 unspecified atom stereocenters. The minimum atomic E-state index is 0.177. The molecule has 2 aliphatic rings. The summed E-state index contributed by atoms with van der Waals surface area (Å²) in [6.07, 6.45) is 7.69. The number of nitrogens with one attached hydrogen (secondary N) is 1. The smallest absolute Gasteiger partial charge is 0.0643 e. The summed E-state index contributed by atoms with van der Waals surface area (Å²) in [5, 5.41) is 3.55. The lowest BCUT2D eigenvalue weighted by atomic mass is 9.81. The Bertz CT molecular complexity index is 242. The number of hydrogen-bond acceptors (Lipinski definition) is 2. The first-order chi connectivity index (χ1) is 7.29. The van der Waals surface area contributed by atoms with Crippen LogP contribution in [0.15, 0.2) is 11.6 Å². The molecule has 0 saturated heterocycles. The molecule has 0 aromatic rings. The zero-order valence-electron chi connectivity index (χ0n) is 9.34. The van der Waals surface area contributed by atoms with Gasteiger partial charge < -0.3 is 10.1 Å². The average Bonchev–Trinajstić information content (AvgIpc) is 2.29. The van der Waals surface area contributed by atoms with E-state index in [1.165, 1.54) is 31.3 Å². The molecule has 1 fully saturated rings. The molecule has 1 saturated carbocycles. The van der Waals surface area contributed by atoms with Crippen LogP contribution in [0.3, 0.4) is 0 Å². The van der Waals surface area contributed by atoms with Crippen molar-refractivity contribution < 1.29 is 4.74 Å². The molecule has 0 amide bonds. The average molecular weight is 230 g/mol. The van der Waals surface area contributed by atoms with E-state index in [4.69, 9.17) is 16.3 Å². The highest BCUT2D eigenvalue weighted by molar-refractivity contribution is 6.22. The molecule has 0 bridgehead atoms. The second kappa shape index (κ2) is 5.33. The van der Waals surface area contributed by atoms with Gasteiger partial charge in [-0.1, -0.05) is 18.1 Å². The van der Waals surface area contributed by atoms with E-state index in [9.17, 15) is 0 Å². The number of ether oxygens (including phenoxy) is 1. The van der Waals surface area contributed by atoms with Crippen LogP contribution in [0, 0.1) is 5.92 Å². The van der Waals surface area contributed by atoms with Crippen LogP contribution < -0.4 is 5.32 Å². The molecule has 1 heterocycles. The lowest BCUT2D eigenvalue weighted by molar-refractivity contribution is 0.0565. The van der Waals surface area contributed by atoms with Crippen LogP contribution in [0.1, 0.15) is 25.7 Å². The van der Waals surface area contributed by atoms with E-state index in [0.717, 1.165) is 13.1 Å². The fourth-order valence-corrected chi connectivity index (χ4v) is 2.95. The van der Waals surface area contributed by atoms with Gasteiger partial charge in [0.1, 0.15) is 0 Å². The summed E-state index contributed by atoms with van der Waals surface area (Å²) in [6, 6.07) is 0. The van der Waals surface area contributed by atoms with Crippen LogP contribution >= 0.6 is 11.6 Å². The molecule has 15 heavy (non-hydrogen) atoms. The van der Waals surface area contributed by atoms with Crippen LogP contribution in [-0.2, 0) is 4.74 Å². The predicted octanol–water partition coefficient (Wildman–Crippen LogP) is 2.33. The first-order valence-electron chi connectivity index (χ1n) is 5.87. The molecule has 1 aliphatic heterocycles. The number of methoxy groups -OCH3 is 1. The number of halogens is 1. The van der Waals surface area contributed by atoms with E-state index in [2.05, 4.69) is 11.4 Å². The van der Waals surface area contributed by atoms with Crippen molar-refractivity contribution in [3.05, 3.63) is 11.6 Å². The monoisotopic (exact) mass is 229 g/mol. The maximum atomic E-state index is 6.13. The van der Waals surface area contributed by atoms with Crippen LogP contribution in [0.25, 0.3) is 0 Å². The van der Waals surface area contributed by atoms with E-state index in [0.29, 0.717) is 12.0 Å². The minimum absolute atomic E-state index is 0.177. The molecule has 1 N–H and O–H groups in total. The van der Waals surface area contributed by atoms with Crippen LogP contribution in [0.2, 0.25) is 0 Å². The molecule has 3 atom stereocenters. The largest absolute Gasteiger partial charge is 0.381 e. The van der Waals surface area contributed by atoms with Crippen LogP contribution in [0.4, 0.5) is 0 Å². The van der Waals surface area contributed by atoms with E-state index < -0.39 is 0 Å². The third-order valence-electron chi connectivity index (χ3n) is 3.55. The highest BCUT2D eigenvalue weighted by Gasteiger charge is 2.26. The van der Waals surface area contributed by atoms with Gasteiger partial charge in [0.2, 0.25) is 0 Å². The van der Waals surface area contributed by atoms with Gasteiger partial charge in [-0.25, -0.2) is 0 Å². The quantitative estimate of drug-likeness (QED) is 0.580. The Morgan fingerprint density at radius 2 is 2.33 bits per heavy atom. The van der Waals surface area contributed by atoms with Crippen molar-refractivity contribution in [2.75, 3.05) is 20.2 Å². The van der Waals surface area contributed by atoms with Gasteiger partial charge in [0, 0.05) is 20.2 Å². The van der Waals surface area contributed by atoms with E-state index >= 15 is 0 Å². The standard InChI is InChI=1S/C12H20ClNO/c1-15-12-4-2-3-9(6-12)10-5-11(13)8-14-7-10/h5,9,11-12,14H,2-4,6-8H2,1H3. The normalized spacial score (nSPS) is 37.5. The molecule has 0 aromatic carbocycles. The van der Waals surface area contributed by atoms with Gasteiger partial charge in [0.15, 0.2) is 0 Å². The summed E-state index contributed by atoms with van der Waals surface area (Å²) in [4.78, 5) is 0. The Morgan fingerprint density at radius 3 is 3.07 bits per heavy atom. The van der Waals surface area contributed by atoms with Gasteiger partial charge >= 0.3 is 0 Å². The van der Waals surface area contributed by atoms with Gasteiger partial charge in [-0.05, 0) is 25.2 Å². The molecule has 0 spiro atoms. The predicted molar refractivity (Wildman–Crippen MR) is 63.3 cm³/mol. The van der Waals surface area contributed by atoms with Gasteiger partial charge in [0.05, 0.1) is 11.5 Å². The fraction of sp³-hybridized carbons (Fsp3) is 0.833. The Hall–Kier alpha value is -0.0500. The molecule has 0 radical (unpaired) electrons. The summed E-state index contributed by atoms with van der Waals surface area (Å²) in [5.74, 6) is 0.692. The number of hydrogen-bond donors (Lipinski definition) is 1. The van der Waals surface area contributed by atoms with Crippen molar-refractivity contribution in [3.8, 4) is 0 Å². The first kappa shape index (κ1) is 11.4. The topological polar surface area (TPSA) is 21.3 Å². The Balaban J connectivity index is 1.97. The second-order valence-electron chi connectivity index (χ2n) is 4.61. The first-order valence-corrected chi connectivity index (χ1v) is 6.31. The molecular weight excluding hydrogens is 210 g/mol. The Labute approximate surface area is 97.0 Å². The van der Waals surface area contributed by atoms with Crippen molar-refractivity contribution >= 4 is 11.6 Å². The van der Waals surface area contributed by atoms with E-state index in [-0.39, 0.29) is 5.38 Å². The maximum absolute atomic E-state index is 6.13. The second-order valence-corrected chi connectivity index (χ2v) is 5.17. The van der Waals surface area contributed by atoms with Crippen LogP contribution in [-0.4, -0.2) is 31.7 Å². The SMILES string of the molecule is COC1CCCC(C2=CC(Cl)CNC2)C1. The summed E-state index contributed by atoms with van der Waals surface area (Å²) >= 11 is 6.13. The zero-order valence-corrected chi connectivity index (χ0v) is 10.1. The number of rotatable bonds is 2. The summed E-state index contributed by atoms with van der Waals surface area (Å²) in [5.41, 5.74) is 1.50. The molecule has 1 aliphatic carbocycles. The molecular formula is C12H20ClNO. The lowest BCUT2D eigenvalue weighted by Gasteiger charge is -2.32. The van der Waals surface area contributed by atoms with Crippen LogP contribution in [0.5, 0.6) is 0 Å². The third kappa shape index (κ3) is 2.96. The van der Waals surface area contributed by atoms with E-state index in [1.807, 2.05) is 7.11 Å². The number of alkyl halides is 1. The van der Waals surface area contributed by atoms with Gasteiger partial charge in [0.25, 0.3) is 0 Å². The zero-order chi connectivity index (χ0) is 10.7. The molecule has 3 heteroatoms. The highest BCUT2D eigenvalue weighted by Crippen LogP contribution is 2.32. The van der Waals surface area contributed by atoms with Crippen molar-refractivity contribution in [1.82, 2.24) is 5.32 Å². The van der Waals surface area contributed by atoms with Gasteiger partial charge in [-0.2, -0.15) is 0 Å². The van der Waals surface area contributed by atoms with Crippen molar-refractivity contribution in [2.45, 2.75) is 37.2 Å². The van der Waals surface area contributed by atoms with Gasteiger partial charge in [-0.3, -0.25) is 0 Å². The molecule has 2 rings (SSSR count). The van der Waals surface area contributed by atoms with Crippen molar-refractivity contribution in [2.24, 2.45) is 5.92 Å². The molecule has 0 aromatic heterocycles. The Kier molecular flexibility index (Phi) is 4.06. The third-order valence-corrected chi connectivity index (χ3v) is 3.83. The highest BCUT2D eigenvalue weighted by atomic mass is 35.5. The molecule has 2 nitrogen and oxygen atoms in total. The van der Waals surface area contributed by atoms with Crippen molar-refractivity contribution in [1.29, 1.82) is 0 Å². The van der Waals surface area contributed by atoms with Gasteiger partial charge in [-0.15, -0.1) is 11.6 Å². The summed E-state index contributed by atoms with van der Waals surface area (Å²) in [6.45, 7) is 1.93. The lowest BCUT2D eigenvalue weighted by Crippen LogP contribution is -2.34. The summed E-state index contributed by atoms with van der Waals surface area (Å²) < 4.78 is 5.46. The molecule has 86 valence electrons. The minimum Gasteiger partial charge on any atom is -0.381 e. The fourth-order valence-electron chi connectivity index (χ4n) is 2.68. The van der Waals surface area contributed by atoms with E-state index in [1.54, 1.807) is 0 Å². The maximum Gasteiger partial charge on any atom is 0.0643 e. The van der Waals surface area contributed by atoms with Crippen molar-refractivity contribution in [3.63, 3.8) is 0 Å².